The Morgan fingerprint density at radius 1 is 1.40 bits per heavy atom. The van der Waals surface area contributed by atoms with Gasteiger partial charge in [-0.15, -0.1) is 0 Å². The van der Waals surface area contributed by atoms with E-state index in [1.165, 1.54) is 7.11 Å². The topological polar surface area (TPSA) is 99.1 Å². The van der Waals surface area contributed by atoms with Crippen LogP contribution in [-0.4, -0.2) is 66.1 Å². The van der Waals surface area contributed by atoms with E-state index in [4.69, 9.17) is 9.84 Å². The number of amides is 2. The summed E-state index contributed by atoms with van der Waals surface area (Å²) in [6.07, 6.45) is 1.64. The number of aliphatic hydroxyl groups excluding tert-OH is 1. The molecule has 20 heavy (non-hydrogen) atoms. The third kappa shape index (κ3) is 3.21. The van der Waals surface area contributed by atoms with Crippen LogP contribution in [0.15, 0.2) is 0 Å². The zero-order chi connectivity index (χ0) is 14.7. The van der Waals surface area contributed by atoms with E-state index >= 15 is 0 Å². The number of aliphatic hydroxyl groups is 1. The van der Waals surface area contributed by atoms with Crippen molar-refractivity contribution in [1.29, 1.82) is 0 Å². The van der Waals surface area contributed by atoms with Crippen LogP contribution in [0.4, 0.5) is 4.79 Å². The Morgan fingerprint density at radius 3 is 2.75 bits per heavy atom. The van der Waals surface area contributed by atoms with Crippen molar-refractivity contribution in [2.75, 3.05) is 26.8 Å². The summed E-state index contributed by atoms with van der Waals surface area (Å²) >= 11 is 0. The quantitative estimate of drug-likeness (QED) is 0.655. The molecule has 0 aromatic rings. The maximum absolute atomic E-state index is 12.1. The van der Waals surface area contributed by atoms with Crippen molar-refractivity contribution in [2.45, 2.75) is 31.4 Å². The number of likely N-dealkylation sites (tertiary alicyclic amines) is 1. The minimum Gasteiger partial charge on any atom is -0.480 e. The SMILES string of the molecule is COCCC(NC(=O)N1CC2CCC(O)C2C1)C(=O)O. The monoisotopic (exact) mass is 286 g/mol. The molecule has 1 heterocycles. The number of urea groups is 1. The minimum atomic E-state index is -1.06. The average molecular weight is 286 g/mol. The predicted octanol–water partition coefficient (Wildman–Crippen LogP) is -0.112. The minimum absolute atomic E-state index is 0.142. The van der Waals surface area contributed by atoms with Crippen molar-refractivity contribution in [1.82, 2.24) is 10.2 Å². The highest BCUT2D eigenvalue weighted by atomic mass is 16.5. The number of carboxylic acids is 1. The Labute approximate surface area is 117 Å². The molecule has 4 atom stereocenters. The fourth-order valence-electron chi connectivity index (χ4n) is 3.14. The second-order valence-corrected chi connectivity index (χ2v) is 5.60. The van der Waals surface area contributed by atoms with Gasteiger partial charge in [-0.2, -0.15) is 0 Å². The van der Waals surface area contributed by atoms with Gasteiger partial charge in [0.05, 0.1) is 6.10 Å². The van der Waals surface area contributed by atoms with Crippen LogP contribution < -0.4 is 5.32 Å². The number of nitrogens with zero attached hydrogens (tertiary/aromatic N) is 1. The second kappa shape index (κ2) is 6.41. The zero-order valence-electron chi connectivity index (χ0n) is 11.6. The molecule has 114 valence electrons. The van der Waals surface area contributed by atoms with Gasteiger partial charge in [0.25, 0.3) is 0 Å². The molecule has 3 N–H and O–H groups in total. The van der Waals surface area contributed by atoms with Crippen molar-refractivity contribution < 1.29 is 24.5 Å². The van der Waals surface area contributed by atoms with Crippen LogP contribution in [-0.2, 0) is 9.53 Å². The molecular weight excluding hydrogens is 264 g/mol. The van der Waals surface area contributed by atoms with Crippen LogP contribution in [0.5, 0.6) is 0 Å². The molecular formula is C13H22N2O5. The number of rotatable bonds is 5. The number of carbonyl (C=O) groups is 2. The molecule has 1 aliphatic heterocycles. The summed E-state index contributed by atoms with van der Waals surface area (Å²) in [6.45, 7) is 1.39. The highest BCUT2D eigenvalue weighted by molar-refractivity contribution is 5.82. The van der Waals surface area contributed by atoms with Crippen LogP contribution in [0.3, 0.4) is 0 Å². The van der Waals surface area contributed by atoms with E-state index in [0.717, 1.165) is 12.8 Å². The number of fused-ring (bicyclic) bond motifs is 1. The van der Waals surface area contributed by atoms with E-state index in [1.807, 2.05) is 0 Å². The molecule has 1 saturated heterocycles. The normalized spacial score (nSPS) is 30.1. The Hall–Kier alpha value is -1.34. The van der Waals surface area contributed by atoms with Crippen molar-refractivity contribution in [3.63, 3.8) is 0 Å². The van der Waals surface area contributed by atoms with E-state index < -0.39 is 12.0 Å². The average Bonchev–Trinajstić information content (AvgIpc) is 2.96. The number of aliphatic carboxylic acids is 1. The van der Waals surface area contributed by atoms with Gasteiger partial charge >= 0.3 is 12.0 Å². The van der Waals surface area contributed by atoms with E-state index in [-0.39, 0.29) is 31.1 Å². The lowest BCUT2D eigenvalue weighted by Crippen LogP contribution is -2.48. The van der Waals surface area contributed by atoms with Gasteiger partial charge in [-0.25, -0.2) is 9.59 Å². The van der Waals surface area contributed by atoms with E-state index in [1.54, 1.807) is 4.90 Å². The van der Waals surface area contributed by atoms with Crippen LogP contribution in [0.2, 0.25) is 0 Å². The number of ether oxygens (including phenoxy) is 1. The smallest absolute Gasteiger partial charge is 0.326 e. The molecule has 0 aromatic carbocycles. The largest absolute Gasteiger partial charge is 0.480 e. The summed E-state index contributed by atoms with van der Waals surface area (Å²) in [5.41, 5.74) is 0. The zero-order valence-corrected chi connectivity index (χ0v) is 11.6. The van der Waals surface area contributed by atoms with Gasteiger partial charge in [0, 0.05) is 39.1 Å². The summed E-state index contributed by atoms with van der Waals surface area (Å²) in [7, 11) is 1.49. The molecule has 0 bridgehead atoms. The molecule has 0 radical (unpaired) electrons. The third-order valence-corrected chi connectivity index (χ3v) is 4.31. The Kier molecular flexibility index (Phi) is 4.82. The Balaban J connectivity index is 1.86. The van der Waals surface area contributed by atoms with Gasteiger partial charge in [0.15, 0.2) is 0 Å². The van der Waals surface area contributed by atoms with Crippen molar-refractivity contribution in [3.8, 4) is 0 Å². The molecule has 0 spiro atoms. The van der Waals surface area contributed by atoms with Gasteiger partial charge < -0.3 is 25.2 Å². The van der Waals surface area contributed by atoms with Crippen LogP contribution in [0.25, 0.3) is 0 Å². The third-order valence-electron chi connectivity index (χ3n) is 4.31. The van der Waals surface area contributed by atoms with E-state index in [2.05, 4.69) is 5.32 Å². The lowest BCUT2D eigenvalue weighted by Gasteiger charge is -2.22. The summed E-state index contributed by atoms with van der Waals surface area (Å²) in [6, 6.07) is -1.30. The number of carboxylic acid groups (broad SMARTS) is 1. The summed E-state index contributed by atoms with van der Waals surface area (Å²) in [5, 5.41) is 21.4. The first kappa shape index (κ1) is 15.1. The standard InChI is InChI=1S/C13H22N2O5/c1-20-5-4-10(12(17)18)14-13(19)15-6-8-2-3-11(16)9(8)7-15/h8-11,16H,2-7H2,1H3,(H,14,19)(H,17,18). The first-order chi connectivity index (χ1) is 9.52. The fourth-order valence-corrected chi connectivity index (χ4v) is 3.14. The molecule has 1 saturated carbocycles. The first-order valence-corrected chi connectivity index (χ1v) is 6.98. The maximum Gasteiger partial charge on any atom is 0.326 e. The predicted molar refractivity (Wildman–Crippen MR) is 70.2 cm³/mol. The van der Waals surface area contributed by atoms with Crippen molar-refractivity contribution in [2.24, 2.45) is 11.8 Å². The highest BCUT2D eigenvalue weighted by Gasteiger charge is 2.43. The molecule has 2 fully saturated rings. The van der Waals surface area contributed by atoms with E-state index in [0.29, 0.717) is 19.0 Å². The molecule has 2 amide bonds. The highest BCUT2D eigenvalue weighted by Crippen LogP contribution is 2.37. The number of hydrogen-bond donors (Lipinski definition) is 3. The molecule has 7 heteroatoms. The molecule has 1 aliphatic carbocycles. The van der Waals surface area contributed by atoms with Gasteiger partial charge in [0.1, 0.15) is 6.04 Å². The van der Waals surface area contributed by atoms with Crippen LogP contribution in [0.1, 0.15) is 19.3 Å². The molecule has 7 nitrogen and oxygen atoms in total. The van der Waals surface area contributed by atoms with E-state index in [9.17, 15) is 14.7 Å². The lowest BCUT2D eigenvalue weighted by atomic mass is 10.00. The lowest BCUT2D eigenvalue weighted by molar-refractivity contribution is -0.139. The number of hydrogen-bond acceptors (Lipinski definition) is 4. The Bertz CT molecular complexity index is 376. The first-order valence-electron chi connectivity index (χ1n) is 6.98. The summed E-state index contributed by atoms with van der Waals surface area (Å²) < 4.78 is 4.84. The second-order valence-electron chi connectivity index (χ2n) is 5.60. The van der Waals surface area contributed by atoms with Crippen LogP contribution in [0, 0.1) is 11.8 Å². The summed E-state index contributed by atoms with van der Waals surface area (Å²) in [5.74, 6) is -0.573. The van der Waals surface area contributed by atoms with Gasteiger partial charge in [-0.1, -0.05) is 0 Å². The molecule has 0 aromatic heterocycles. The van der Waals surface area contributed by atoms with Gasteiger partial charge in [-0.3, -0.25) is 0 Å². The number of nitrogens with one attached hydrogen (secondary N) is 1. The van der Waals surface area contributed by atoms with Crippen LogP contribution >= 0.6 is 0 Å². The summed E-state index contributed by atoms with van der Waals surface area (Å²) in [4.78, 5) is 24.8. The van der Waals surface area contributed by atoms with Gasteiger partial charge in [-0.05, 0) is 18.8 Å². The number of methoxy groups -OCH3 is 1. The molecule has 2 rings (SSSR count). The fraction of sp³-hybridized carbons (Fsp3) is 0.846. The maximum atomic E-state index is 12.1. The van der Waals surface area contributed by atoms with Gasteiger partial charge in [0.2, 0.25) is 0 Å². The number of carbonyl (C=O) groups excluding carboxylic acids is 1. The van der Waals surface area contributed by atoms with Crippen molar-refractivity contribution in [3.05, 3.63) is 0 Å². The Morgan fingerprint density at radius 2 is 2.15 bits per heavy atom. The molecule has 2 aliphatic rings. The van der Waals surface area contributed by atoms with Crippen molar-refractivity contribution >= 4 is 12.0 Å². The molecule has 4 unspecified atom stereocenters.